The Bertz CT molecular complexity index is 884. The average molecular weight is 347 g/mol. The topological polar surface area (TPSA) is 39.4 Å². The summed E-state index contributed by atoms with van der Waals surface area (Å²) in [5.41, 5.74) is -0.644. The fourth-order valence-electron chi connectivity index (χ4n) is 2.13. The van der Waals surface area contributed by atoms with Gasteiger partial charge in [0.2, 0.25) is 0 Å². The summed E-state index contributed by atoms with van der Waals surface area (Å²) in [6, 6.07) is 5.35. The van der Waals surface area contributed by atoms with Crippen LogP contribution in [0.5, 0.6) is 5.75 Å². The third-order valence-electron chi connectivity index (χ3n) is 3.12. The SMILES string of the molecule is FC(F)(F)Oc1ccc(-c2ccc3ncnn3c2)cc1C(F)(F)F. The molecule has 24 heavy (non-hydrogen) atoms. The van der Waals surface area contributed by atoms with E-state index in [2.05, 4.69) is 14.8 Å². The largest absolute Gasteiger partial charge is 0.573 e. The summed E-state index contributed by atoms with van der Waals surface area (Å²) in [5.74, 6) is -1.31. The lowest BCUT2D eigenvalue weighted by atomic mass is 10.0. The maximum Gasteiger partial charge on any atom is 0.573 e. The molecule has 0 aliphatic rings. The van der Waals surface area contributed by atoms with Crippen molar-refractivity contribution in [1.29, 1.82) is 0 Å². The molecule has 0 aliphatic heterocycles. The number of ether oxygens (including phenoxy) is 1. The van der Waals surface area contributed by atoms with Gasteiger partial charge in [-0.25, -0.2) is 9.50 Å². The van der Waals surface area contributed by atoms with E-state index in [1.54, 1.807) is 0 Å². The van der Waals surface area contributed by atoms with Crippen molar-refractivity contribution in [1.82, 2.24) is 14.6 Å². The van der Waals surface area contributed by atoms with E-state index in [-0.39, 0.29) is 5.56 Å². The minimum Gasteiger partial charge on any atom is -0.405 e. The van der Waals surface area contributed by atoms with Crippen LogP contribution in [0.4, 0.5) is 26.3 Å². The van der Waals surface area contributed by atoms with Crippen LogP contribution in [0.1, 0.15) is 5.56 Å². The minimum atomic E-state index is -5.22. The lowest BCUT2D eigenvalue weighted by Gasteiger charge is -2.16. The second-order valence-electron chi connectivity index (χ2n) is 4.74. The highest BCUT2D eigenvalue weighted by molar-refractivity contribution is 5.66. The van der Waals surface area contributed by atoms with E-state index in [1.807, 2.05) is 0 Å². The zero-order valence-corrected chi connectivity index (χ0v) is 11.6. The molecule has 10 heteroatoms. The highest BCUT2D eigenvalue weighted by Crippen LogP contribution is 2.40. The van der Waals surface area contributed by atoms with Gasteiger partial charge < -0.3 is 4.74 Å². The molecule has 0 amide bonds. The lowest BCUT2D eigenvalue weighted by Crippen LogP contribution is -2.20. The third-order valence-corrected chi connectivity index (χ3v) is 3.12. The van der Waals surface area contributed by atoms with Gasteiger partial charge in [-0.2, -0.15) is 18.3 Å². The minimum absolute atomic E-state index is 0.0641. The Morgan fingerprint density at radius 1 is 0.917 bits per heavy atom. The average Bonchev–Trinajstić information content (AvgIpc) is 2.92. The van der Waals surface area contributed by atoms with E-state index in [9.17, 15) is 26.3 Å². The van der Waals surface area contributed by atoms with E-state index in [0.29, 0.717) is 23.3 Å². The van der Waals surface area contributed by atoms with Crippen LogP contribution >= 0.6 is 0 Å². The van der Waals surface area contributed by atoms with Crippen LogP contribution in [-0.4, -0.2) is 21.0 Å². The van der Waals surface area contributed by atoms with Crippen molar-refractivity contribution >= 4 is 5.65 Å². The first-order valence-electron chi connectivity index (χ1n) is 6.40. The van der Waals surface area contributed by atoms with E-state index in [1.165, 1.54) is 29.2 Å². The molecule has 3 aromatic rings. The van der Waals surface area contributed by atoms with Gasteiger partial charge in [0.05, 0.1) is 5.56 Å². The summed E-state index contributed by atoms with van der Waals surface area (Å²) in [6.45, 7) is 0. The van der Waals surface area contributed by atoms with Crippen molar-refractivity contribution in [3.8, 4) is 16.9 Å². The van der Waals surface area contributed by atoms with Gasteiger partial charge in [0.1, 0.15) is 12.1 Å². The number of rotatable bonds is 2. The molecule has 126 valence electrons. The number of hydrogen-bond acceptors (Lipinski definition) is 3. The zero-order valence-electron chi connectivity index (χ0n) is 11.6. The highest BCUT2D eigenvalue weighted by Gasteiger charge is 2.39. The monoisotopic (exact) mass is 347 g/mol. The quantitative estimate of drug-likeness (QED) is 0.649. The van der Waals surface area contributed by atoms with Crippen LogP contribution in [-0.2, 0) is 6.18 Å². The van der Waals surface area contributed by atoms with Crippen molar-refractivity contribution < 1.29 is 31.1 Å². The Balaban J connectivity index is 2.09. The van der Waals surface area contributed by atoms with Crippen LogP contribution in [0.3, 0.4) is 0 Å². The summed E-state index contributed by atoms with van der Waals surface area (Å²) in [6.07, 6.45) is -7.54. The van der Waals surface area contributed by atoms with Gasteiger partial charge in [-0.05, 0) is 29.8 Å². The predicted octanol–water partition coefficient (Wildman–Crippen LogP) is 4.31. The Morgan fingerprint density at radius 3 is 2.29 bits per heavy atom. The number of alkyl halides is 6. The molecule has 0 bridgehead atoms. The number of fused-ring (bicyclic) bond motifs is 1. The fourth-order valence-corrected chi connectivity index (χ4v) is 2.13. The second-order valence-corrected chi connectivity index (χ2v) is 4.74. The molecule has 0 N–H and O–H groups in total. The summed E-state index contributed by atoms with van der Waals surface area (Å²) in [4.78, 5) is 3.89. The normalized spacial score (nSPS) is 12.6. The Morgan fingerprint density at radius 2 is 1.62 bits per heavy atom. The van der Waals surface area contributed by atoms with Crippen LogP contribution in [0.25, 0.3) is 16.8 Å². The van der Waals surface area contributed by atoms with Gasteiger partial charge >= 0.3 is 12.5 Å². The summed E-state index contributed by atoms with van der Waals surface area (Å²) < 4.78 is 80.7. The van der Waals surface area contributed by atoms with Crippen molar-refractivity contribution in [2.24, 2.45) is 0 Å². The fraction of sp³-hybridized carbons (Fsp3) is 0.143. The summed E-state index contributed by atoms with van der Waals surface area (Å²) in [7, 11) is 0. The molecule has 0 spiro atoms. The van der Waals surface area contributed by atoms with Crippen molar-refractivity contribution in [3.63, 3.8) is 0 Å². The predicted molar refractivity (Wildman–Crippen MR) is 70.1 cm³/mol. The summed E-state index contributed by atoms with van der Waals surface area (Å²) >= 11 is 0. The molecular weight excluding hydrogens is 340 g/mol. The van der Waals surface area contributed by atoms with Crippen LogP contribution < -0.4 is 4.74 Å². The van der Waals surface area contributed by atoms with Crippen molar-refractivity contribution in [2.75, 3.05) is 0 Å². The van der Waals surface area contributed by atoms with E-state index >= 15 is 0 Å². The molecular formula is C14H7F6N3O. The number of pyridine rings is 1. The molecule has 0 radical (unpaired) electrons. The van der Waals surface area contributed by atoms with Crippen molar-refractivity contribution in [2.45, 2.75) is 12.5 Å². The first-order valence-corrected chi connectivity index (χ1v) is 6.40. The molecule has 0 unspecified atom stereocenters. The van der Waals surface area contributed by atoms with E-state index < -0.39 is 23.9 Å². The Kier molecular flexibility index (Phi) is 3.61. The smallest absolute Gasteiger partial charge is 0.405 e. The molecule has 2 aromatic heterocycles. The van der Waals surface area contributed by atoms with Crippen molar-refractivity contribution in [3.05, 3.63) is 48.4 Å². The lowest BCUT2D eigenvalue weighted by molar-refractivity contribution is -0.276. The van der Waals surface area contributed by atoms with Gasteiger partial charge in [-0.15, -0.1) is 13.2 Å². The Labute approximate surface area is 130 Å². The van der Waals surface area contributed by atoms with Gasteiger partial charge in [0.25, 0.3) is 0 Å². The molecule has 0 fully saturated rings. The number of nitrogens with zero attached hydrogens (tertiary/aromatic N) is 3. The van der Waals surface area contributed by atoms with Gasteiger partial charge in [-0.1, -0.05) is 6.07 Å². The Hall–Kier alpha value is -2.78. The molecule has 0 atom stereocenters. The molecule has 0 saturated heterocycles. The van der Waals surface area contributed by atoms with E-state index in [4.69, 9.17) is 0 Å². The number of halogens is 6. The third kappa shape index (κ3) is 3.26. The maximum absolute atomic E-state index is 13.0. The number of hydrogen-bond donors (Lipinski definition) is 0. The standard InChI is InChI=1S/C14H7F6N3O/c15-13(16,17)10-5-8(1-3-11(10)24-14(18,19)20)9-2-4-12-21-7-22-23(12)6-9/h1-7H. The van der Waals surface area contributed by atoms with Crippen LogP contribution in [0.15, 0.2) is 42.9 Å². The molecule has 0 saturated carbocycles. The van der Waals surface area contributed by atoms with Crippen LogP contribution in [0, 0.1) is 0 Å². The highest BCUT2D eigenvalue weighted by atomic mass is 19.4. The first-order chi connectivity index (χ1) is 11.1. The molecule has 2 heterocycles. The van der Waals surface area contributed by atoms with Gasteiger partial charge in [0.15, 0.2) is 5.65 Å². The molecule has 0 aliphatic carbocycles. The molecule has 4 nitrogen and oxygen atoms in total. The zero-order chi connectivity index (χ0) is 17.5. The first kappa shape index (κ1) is 16.1. The number of aromatic nitrogens is 3. The maximum atomic E-state index is 13.0. The van der Waals surface area contributed by atoms with Gasteiger partial charge in [0, 0.05) is 11.8 Å². The molecule has 1 aromatic carbocycles. The number of benzene rings is 1. The second kappa shape index (κ2) is 5.39. The van der Waals surface area contributed by atoms with Crippen LogP contribution in [0.2, 0.25) is 0 Å². The molecule has 3 rings (SSSR count). The van der Waals surface area contributed by atoms with Gasteiger partial charge in [-0.3, -0.25) is 0 Å². The van der Waals surface area contributed by atoms with E-state index in [0.717, 1.165) is 6.07 Å². The summed E-state index contributed by atoms with van der Waals surface area (Å²) in [5, 5.41) is 3.85.